The highest BCUT2D eigenvalue weighted by Gasteiger charge is 2.31. The molecular formula is C13H22N4O2S. The van der Waals surface area contributed by atoms with Crippen molar-refractivity contribution >= 4 is 22.4 Å². The molecule has 1 aromatic heterocycles. The van der Waals surface area contributed by atoms with Gasteiger partial charge >= 0.3 is 0 Å². The van der Waals surface area contributed by atoms with Gasteiger partial charge in [0.1, 0.15) is 6.04 Å². The van der Waals surface area contributed by atoms with Gasteiger partial charge in [0, 0.05) is 44.9 Å². The Morgan fingerprint density at radius 3 is 3.20 bits per heavy atom. The van der Waals surface area contributed by atoms with Gasteiger partial charge in [-0.25, -0.2) is 4.98 Å². The van der Waals surface area contributed by atoms with Crippen molar-refractivity contribution in [1.29, 1.82) is 0 Å². The van der Waals surface area contributed by atoms with Gasteiger partial charge in [-0.3, -0.25) is 4.79 Å². The summed E-state index contributed by atoms with van der Waals surface area (Å²) in [6, 6.07) is -0.0693. The van der Waals surface area contributed by atoms with Crippen LogP contribution in [0.3, 0.4) is 0 Å². The average Bonchev–Trinajstić information content (AvgIpc) is 3.11. The van der Waals surface area contributed by atoms with Crippen molar-refractivity contribution in [2.24, 2.45) is 0 Å². The molecule has 1 unspecified atom stereocenters. The second kappa shape index (κ2) is 8.18. The molecule has 1 aromatic rings. The molecule has 1 atom stereocenters. The van der Waals surface area contributed by atoms with E-state index < -0.39 is 0 Å². The molecule has 112 valence electrons. The molecule has 0 aromatic carbocycles. The Balaban J connectivity index is 1.71. The Kier molecular flexibility index (Phi) is 6.23. The van der Waals surface area contributed by atoms with Gasteiger partial charge in [-0.05, 0) is 12.8 Å². The van der Waals surface area contributed by atoms with Crippen molar-refractivity contribution < 1.29 is 9.53 Å². The number of nitrogens with zero attached hydrogens (tertiary/aromatic N) is 2. The van der Waals surface area contributed by atoms with Gasteiger partial charge in [0.15, 0.2) is 5.13 Å². The molecule has 0 bridgehead atoms. The van der Waals surface area contributed by atoms with Crippen molar-refractivity contribution in [2.75, 3.05) is 44.8 Å². The summed E-state index contributed by atoms with van der Waals surface area (Å²) >= 11 is 1.59. The number of amides is 1. The van der Waals surface area contributed by atoms with Crippen LogP contribution in [0, 0.1) is 0 Å². The number of anilines is 1. The van der Waals surface area contributed by atoms with Crippen LogP contribution in [0.15, 0.2) is 11.6 Å². The number of carbonyl (C=O) groups is 1. The summed E-state index contributed by atoms with van der Waals surface area (Å²) in [5.74, 6) is 0.103. The number of nitrogens with one attached hydrogen (secondary N) is 2. The molecule has 0 saturated carbocycles. The topological polar surface area (TPSA) is 66.5 Å². The molecule has 0 radical (unpaired) electrons. The van der Waals surface area contributed by atoms with Crippen LogP contribution in [0.25, 0.3) is 0 Å². The van der Waals surface area contributed by atoms with Crippen LogP contribution in [0.2, 0.25) is 0 Å². The van der Waals surface area contributed by atoms with Crippen molar-refractivity contribution in [3.63, 3.8) is 0 Å². The molecule has 6 nitrogen and oxygen atoms in total. The lowest BCUT2D eigenvalue weighted by atomic mass is 10.2. The minimum Gasteiger partial charge on any atom is -0.383 e. The zero-order valence-electron chi connectivity index (χ0n) is 11.8. The van der Waals surface area contributed by atoms with Crippen molar-refractivity contribution in [1.82, 2.24) is 15.6 Å². The van der Waals surface area contributed by atoms with E-state index in [4.69, 9.17) is 4.74 Å². The standard InChI is InChI=1S/C13H22N4O2S/c1-19-9-6-14-4-5-15-12(18)11-3-2-8-17(11)13-16-7-10-20-13/h7,10-11,14H,2-6,8-9H2,1H3,(H,15,18). The summed E-state index contributed by atoms with van der Waals surface area (Å²) in [5, 5.41) is 9.09. The van der Waals surface area contributed by atoms with Crippen molar-refractivity contribution in [3.8, 4) is 0 Å². The molecule has 1 amide bonds. The molecule has 20 heavy (non-hydrogen) atoms. The molecular weight excluding hydrogens is 276 g/mol. The molecule has 1 aliphatic rings. The van der Waals surface area contributed by atoms with Crippen LogP contribution in [-0.4, -0.2) is 56.8 Å². The lowest BCUT2D eigenvalue weighted by molar-refractivity contribution is -0.122. The predicted octanol–water partition coefficient (Wildman–Crippen LogP) is 0.464. The first-order valence-electron chi connectivity index (χ1n) is 6.96. The van der Waals surface area contributed by atoms with Gasteiger partial charge in [-0.1, -0.05) is 0 Å². The summed E-state index contributed by atoms with van der Waals surface area (Å²) < 4.78 is 4.94. The van der Waals surface area contributed by atoms with Crippen LogP contribution in [0.5, 0.6) is 0 Å². The van der Waals surface area contributed by atoms with E-state index in [2.05, 4.69) is 20.5 Å². The van der Waals surface area contributed by atoms with E-state index in [9.17, 15) is 4.79 Å². The van der Waals surface area contributed by atoms with Crippen molar-refractivity contribution in [3.05, 3.63) is 11.6 Å². The zero-order valence-corrected chi connectivity index (χ0v) is 12.6. The Morgan fingerprint density at radius 1 is 1.55 bits per heavy atom. The molecule has 7 heteroatoms. The van der Waals surface area contributed by atoms with Gasteiger partial charge < -0.3 is 20.3 Å². The molecule has 1 fully saturated rings. The lowest BCUT2D eigenvalue weighted by Crippen LogP contribution is -2.45. The van der Waals surface area contributed by atoms with Crippen LogP contribution in [0.4, 0.5) is 5.13 Å². The number of aromatic nitrogens is 1. The minimum absolute atomic E-state index is 0.0693. The van der Waals surface area contributed by atoms with E-state index in [0.717, 1.165) is 37.6 Å². The highest BCUT2D eigenvalue weighted by Crippen LogP contribution is 2.27. The lowest BCUT2D eigenvalue weighted by Gasteiger charge is -2.23. The Bertz CT molecular complexity index is 399. The first-order valence-corrected chi connectivity index (χ1v) is 7.84. The maximum atomic E-state index is 12.2. The maximum Gasteiger partial charge on any atom is 0.242 e. The third-order valence-electron chi connectivity index (χ3n) is 3.30. The third-order valence-corrected chi connectivity index (χ3v) is 4.11. The number of thiazole rings is 1. The van der Waals surface area contributed by atoms with Crippen LogP contribution < -0.4 is 15.5 Å². The summed E-state index contributed by atoms with van der Waals surface area (Å²) in [6.07, 6.45) is 3.74. The quantitative estimate of drug-likeness (QED) is 0.683. The highest BCUT2D eigenvalue weighted by atomic mass is 32.1. The molecule has 1 saturated heterocycles. The van der Waals surface area contributed by atoms with Gasteiger partial charge in [0.25, 0.3) is 0 Å². The van der Waals surface area contributed by atoms with E-state index in [-0.39, 0.29) is 11.9 Å². The monoisotopic (exact) mass is 298 g/mol. The second-order valence-corrected chi connectivity index (χ2v) is 5.57. The van der Waals surface area contributed by atoms with E-state index >= 15 is 0 Å². The summed E-state index contributed by atoms with van der Waals surface area (Å²) in [7, 11) is 1.68. The zero-order chi connectivity index (χ0) is 14.2. The van der Waals surface area contributed by atoms with Gasteiger partial charge in [0.2, 0.25) is 5.91 Å². The molecule has 2 N–H and O–H groups in total. The number of carbonyl (C=O) groups excluding carboxylic acids is 1. The number of hydrogen-bond donors (Lipinski definition) is 2. The number of hydrogen-bond acceptors (Lipinski definition) is 6. The minimum atomic E-state index is -0.0693. The fraction of sp³-hybridized carbons (Fsp3) is 0.692. The van der Waals surface area contributed by atoms with Crippen LogP contribution >= 0.6 is 11.3 Å². The van der Waals surface area contributed by atoms with Gasteiger partial charge in [-0.15, -0.1) is 11.3 Å². The largest absolute Gasteiger partial charge is 0.383 e. The Labute approximate surface area is 123 Å². The second-order valence-electron chi connectivity index (χ2n) is 4.70. The van der Waals surface area contributed by atoms with E-state index in [1.165, 1.54) is 0 Å². The van der Waals surface area contributed by atoms with E-state index in [1.54, 1.807) is 24.6 Å². The number of ether oxygens (including phenoxy) is 1. The molecule has 2 heterocycles. The molecule has 2 rings (SSSR count). The SMILES string of the molecule is COCCNCCNC(=O)C1CCCN1c1nccs1. The Hall–Kier alpha value is -1.18. The highest BCUT2D eigenvalue weighted by molar-refractivity contribution is 7.13. The fourth-order valence-electron chi connectivity index (χ4n) is 2.32. The summed E-state index contributed by atoms with van der Waals surface area (Å²) in [5.41, 5.74) is 0. The predicted molar refractivity (Wildman–Crippen MR) is 80.2 cm³/mol. The van der Waals surface area contributed by atoms with E-state index in [1.807, 2.05) is 5.38 Å². The number of rotatable bonds is 8. The number of methoxy groups -OCH3 is 1. The average molecular weight is 298 g/mol. The maximum absolute atomic E-state index is 12.2. The first-order chi connectivity index (χ1) is 9.83. The smallest absolute Gasteiger partial charge is 0.242 e. The molecule has 0 aliphatic carbocycles. The van der Waals surface area contributed by atoms with Crippen LogP contribution in [0.1, 0.15) is 12.8 Å². The van der Waals surface area contributed by atoms with E-state index in [0.29, 0.717) is 13.2 Å². The Morgan fingerprint density at radius 2 is 2.45 bits per heavy atom. The van der Waals surface area contributed by atoms with Crippen LogP contribution in [-0.2, 0) is 9.53 Å². The van der Waals surface area contributed by atoms with Gasteiger partial charge in [-0.2, -0.15) is 0 Å². The normalized spacial score (nSPS) is 18.4. The molecule has 0 spiro atoms. The van der Waals surface area contributed by atoms with Crippen molar-refractivity contribution in [2.45, 2.75) is 18.9 Å². The fourth-order valence-corrected chi connectivity index (χ4v) is 3.04. The van der Waals surface area contributed by atoms with Gasteiger partial charge in [0.05, 0.1) is 6.61 Å². The molecule has 1 aliphatic heterocycles. The summed E-state index contributed by atoms with van der Waals surface area (Å²) in [4.78, 5) is 18.6. The summed E-state index contributed by atoms with van der Waals surface area (Å²) in [6.45, 7) is 3.82. The first kappa shape index (κ1) is 15.2. The third kappa shape index (κ3) is 4.16.